The van der Waals surface area contributed by atoms with Crippen LogP contribution in [0.5, 0.6) is 0 Å². The maximum absolute atomic E-state index is 2.24. The molecule has 2 heteroatoms. The fourth-order valence-corrected chi connectivity index (χ4v) is 1.88. The van der Waals surface area contributed by atoms with Crippen LogP contribution in [-0.2, 0) is 0 Å². The van der Waals surface area contributed by atoms with Crippen LogP contribution in [0.25, 0.3) is 0 Å². The van der Waals surface area contributed by atoms with Gasteiger partial charge in [0.05, 0.1) is 0 Å². The Balaban J connectivity index is 0.000000640. The minimum Gasteiger partial charge on any atom is -0.193 e. The van der Waals surface area contributed by atoms with E-state index in [0.29, 0.717) is 0 Å². The average molecular weight is 192 g/mol. The van der Waals surface area contributed by atoms with Crippen LogP contribution in [0.4, 0.5) is 0 Å². The van der Waals surface area contributed by atoms with Crippen molar-refractivity contribution in [3.8, 4) is 0 Å². The third-order valence-corrected chi connectivity index (χ3v) is 2.61. The Labute approximate surface area is 121 Å². The van der Waals surface area contributed by atoms with Crippen LogP contribution in [0.1, 0.15) is 22.3 Å². The van der Waals surface area contributed by atoms with Crippen LogP contribution in [-0.4, -0.2) is 0 Å². The molecule has 0 aromatic heterocycles. The van der Waals surface area contributed by atoms with E-state index in [-0.39, 0.29) is 37.7 Å². The number of fused-ring (bicyclic) bond motifs is 2. The summed E-state index contributed by atoms with van der Waals surface area (Å²) >= 11 is 0. The van der Waals surface area contributed by atoms with Crippen molar-refractivity contribution in [2.75, 3.05) is 0 Å². The molecule has 0 heterocycles. The molecule has 0 saturated carbocycles. The van der Waals surface area contributed by atoms with Gasteiger partial charge in [-0.25, -0.2) is 0 Å². The molecule has 0 unspecified atom stereocenters. The second-order valence-corrected chi connectivity index (χ2v) is 3.55. The molecular formula is C14H10Li2. The van der Waals surface area contributed by atoms with E-state index in [9.17, 15) is 0 Å². The molecule has 0 spiro atoms. The predicted octanol–water partition coefficient (Wildman–Crippen LogP) is -2.79. The fraction of sp³-hybridized carbons (Fsp3) is 0. The van der Waals surface area contributed by atoms with E-state index in [1.54, 1.807) is 0 Å². The van der Waals surface area contributed by atoms with Crippen molar-refractivity contribution < 1.29 is 37.7 Å². The maximum atomic E-state index is 2.24. The van der Waals surface area contributed by atoms with E-state index < -0.39 is 0 Å². The molecule has 0 bridgehead atoms. The first-order valence-electron chi connectivity index (χ1n) is 4.81. The van der Waals surface area contributed by atoms with Crippen molar-refractivity contribution >= 4 is 0 Å². The van der Waals surface area contributed by atoms with Crippen LogP contribution in [0.3, 0.4) is 0 Å². The summed E-state index contributed by atoms with van der Waals surface area (Å²) in [5, 5.41) is 0. The van der Waals surface area contributed by atoms with Gasteiger partial charge >= 0.3 is 37.7 Å². The van der Waals surface area contributed by atoms with Crippen molar-refractivity contribution in [1.29, 1.82) is 0 Å². The van der Waals surface area contributed by atoms with E-state index in [2.05, 4.69) is 61.4 Å². The van der Waals surface area contributed by atoms with Gasteiger partial charge < -0.3 is 0 Å². The molecule has 0 atom stereocenters. The van der Waals surface area contributed by atoms with E-state index in [4.69, 9.17) is 0 Å². The zero-order valence-corrected chi connectivity index (χ0v) is 9.77. The molecule has 2 aromatic rings. The Morgan fingerprint density at radius 1 is 0.500 bits per heavy atom. The first kappa shape index (κ1) is 13.4. The summed E-state index contributed by atoms with van der Waals surface area (Å²) in [5.41, 5.74) is 5.25. The Morgan fingerprint density at radius 2 is 0.750 bits per heavy atom. The van der Waals surface area contributed by atoms with Gasteiger partial charge in [-0.15, -0.1) is 24.3 Å². The molecule has 0 N–H and O–H groups in total. The maximum Gasteiger partial charge on any atom is 1.00 e. The molecule has 1 aliphatic carbocycles. The predicted molar refractivity (Wildman–Crippen MR) is 57.9 cm³/mol. The molecule has 0 aliphatic heterocycles. The Morgan fingerprint density at radius 3 is 1.00 bits per heavy atom. The van der Waals surface area contributed by atoms with Crippen molar-refractivity contribution in [2.24, 2.45) is 0 Å². The second kappa shape index (κ2) is 5.63. The second-order valence-electron chi connectivity index (χ2n) is 3.55. The zero-order valence-electron chi connectivity index (χ0n) is 9.77. The zero-order chi connectivity index (χ0) is 9.38. The van der Waals surface area contributed by atoms with Gasteiger partial charge in [0.1, 0.15) is 0 Å². The van der Waals surface area contributed by atoms with Crippen molar-refractivity contribution in [1.82, 2.24) is 0 Å². The van der Waals surface area contributed by atoms with Crippen LogP contribution in [0.2, 0.25) is 0 Å². The summed E-state index contributed by atoms with van der Waals surface area (Å²) in [5.74, 6) is 0. The first-order valence-corrected chi connectivity index (χ1v) is 4.81. The van der Waals surface area contributed by atoms with Gasteiger partial charge in [0, 0.05) is 0 Å². The van der Waals surface area contributed by atoms with Gasteiger partial charge in [0.15, 0.2) is 0 Å². The Hall–Kier alpha value is -0.625. The first-order chi connectivity index (χ1) is 6.93. The standard InChI is InChI=1S/C14H10.2Li/c1-2-6-12-10-14-8-4-3-7-13(14)9-11(12)5-1;;/h1-10H;;/q-2;2*+1. The molecule has 0 saturated heterocycles. The number of rotatable bonds is 0. The van der Waals surface area contributed by atoms with Gasteiger partial charge in [-0.05, 0) is 0 Å². The van der Waals surface area contributed by atoms with E-state index in [1.807, 2.05) is 0 Å². The molecule has 68 valence electrons. The third-order valence-electron chi connectivity index (χ3n) is 2.61. The van der Waals surface area contributed by atoms with Gasteiger partial charge in [-0.3, -0.25) is 0 Å². The molecular weight excluding hydrogens is 182 g/mol. The van der Waals surface area contributed by atoms with Gasteiger partial charge in [0.2, 0.25) is 0 Å². The number of hydrogen-bond donors (Lipinski definition) is 0. The molecule has 0 nitrogen and oxygen atoms in total. The number of benzene rings is 2. The van der Waals surface area contributed by atoms with Crippen LogP contribution >= 0.6 is 0 Å². The average Bonchev–Trinajstić information content (AvgIpc) is 2.26. The summed E-state index contributed by atoms with van der Waals surface area (Å²) in [6.07, 6.45) is 4.48. The summed E-state index contributed by atoms with van der Waals surface area (Å²) in [6.45, 7) is 0. The van der Waals surface area contributed by atoms with Crippen LogP contribution < -0.4 is 37.7 Å². The van der Waals surface area contributed by atoms with E-state index in [1.165, 1.54) is 22.3 Å². The van der Waals surface area contributed by atoms with E-state index in [0.717, 1.165) is 0 Å². The SMILES string of the molecule is [Li+].[Li+].c1ccc2c(c1)[CH-]c1ccccc1[CH-]2. The van der Waals surface area contributed by atoms with Crippen molar-refractivity contribution in [3.05, 3.63) is 83.6 Å². The monoisotopic (exact) mass is 192 g/mol. The van der Waals surface area contributed by atoms with Gasteiger partial charge in [-0.1, -0.05) is 0 Å². The third kappa shape index (κ3) is 2.37. The van der Waals surface area contributed by atoms with Crippen molar-refractivity contribution in [2.45, 2.75) is 0 Å². The molecule has 0 amide bonds. The molecule has 1 aliphatic rings. The molecule has 0 radical (unpaired) electrons. The Kier molecular flexibility index (Phi) is 4.73. The Bertz CT molecular complexity index is 390. The largest absolute Gasteiger partial charge is 1.00 e. The molecule has 2 aromatic carbocycles. The molecule has 3 rings (SSSR count). The fourth-order valence-electron chi connectivity index (χ4n) is 1.88. The van der Waals surface area contributed by atoms with Crippen molar-refractivity contribution in [3.63, 3.8) is 0 Å². The van der Waals surface area contributed by atoms with Gasteiger partial charge in [-0.2, -0.15) is 59.4 Å². The van der Waals surface area contributed by atoms with Crippen LogP contribution in [0.15, 0.2) is 48.5 Å². The summed E-state index contributed by atoms with van der Waals surface area (Å²) in [7, 11) is 0. The number of hydrogen-bond acceptors (Lipinski definition) is 0. The summed E-state index contributed by atoms with van der Waals surface area (Å²) < 4.78 is 0. The molecule has 0 fully saturated rings. The smallest absolute Gasteiger partial charge is 0.193 e. The minimum atomic E-state index is 0. The van der Waals surface area contributed by atoms with E-state index >= 15 is 0 Å². The summed E-state index contributed by atoms with van der Waals surface area (Å²) in [6, 6.07) is 16.9. The summed E-state index contributed by atoms with van der Waals surface area (Å²) in [4.78, 5) is 0. The molecule has 16 heavy (non-hydrogen) atoms. The topological polar surface area (TPSA) is 0 Å². The normalized spacial score (nSPS) is 10.5. The quantitative estimate of drug-likeness (QED) is 0.267. The van der Waals surface area contributed by atoms with Gasteiger partial charge in [0.25, 0.3) is 0 Å². The minimum absolute atomic E-state index is 0. The van der Waals surface area contributed by atoms with Crippen LogP contribution in [0, 0.1) is 12.8 Å².